The summed E-state index contributed by atoms with van der Waals surface area (Å²) in [5, 5.41) is 9.99. The number of phenols is 1. The van der Waals surface area contributed by atoms with Crippen LogP contribution in [0, 0.1) is 0 Å². The Morgan fingerprint density at radius 3 is 2.25 bits per heavy atom. The van der Waals surface area contributed by atoms with E-state index in [1.54, 1.807) is 24.3 Å². The first-order chi connectivity index (χ1) is 9.63. The molecule has 20 heavy (non-hydrogen) atoms. The number of ether oxygens (including phenoxy) is 2. The first-order valence-corrected chi connectivity index (χ1v) is 6.83. The van der Waals surface area contributed by atoms with E-state index < -0.39 is 0 Å². The molecule has 5 heteroatoms. The van der Waals surface area contributed by atoms with E-state index >= 15 is 0 Å². The van der Waals surface area contributed by atoms with Gasteiger partial charge < -0.3 is 14.6 Å². The van der Waals surface area contributed by atoms with Gasteiger partial charge >= 0.3 is 0 Å². The van der Waals surface area contributed by atoms with Crippen LogP contribution in [0.5, 0.6) is 11.5 Å². The SMILES string of the molecule is Clc1cccc(OC[C@H]2CO2)c1.Oc1cccc(Cl)c1. The molecule has 0 aromatic heterocycles. The standard InChI is InChI=1S/C9H9ClO2.C6H5ClO/c10-7-2-1-3-8(4-7)11-5-9-6-12-9;7-5-2-1-3-6(8)4-5/h1-4,9H,5-6H2;1-4,8H/t9-;/m0./s1. The highest BCUT2D eigenvalue weighted by Crippen LogP contribution is 2.19. The topological polar surface area (TPSA) is 42.0 Å². The van der Waals surface area contributed by atoms with E-state index in [0.29, 0.717) is 22.8 Å². The largest absolute Gasteiger partial charge is 0.508 e. The fourth-order valence-electron chi connectivity index (χ4n) is 1.39. The van der Waals surface area contributed by atoms with Gasteiger partial charge in [-0.25, -0.2) is 0 Å². The molecule has 0 amide bonds. The van der Waals surface area contributed by atoms with Crippen LogP contribution in [-0.4, -0.2) is 24.4 Å². The first-order valence-electron chi connectivity index (χ1n) is 6.08. The van der Waals surface area contributed by atoms with Crippen molar-refractivity contribution in [2.75, 3.05) is 13.2 Å². The minimum Gasteiger partial charge on any atom is -0.508 e. The monoisotopic (exact) mass is 312 g/mol. The number of benzene rings is 2. The highest BCUT2D eigenvalue weighted by Gasteiger charge is 2.22. The van der Waals surface area contributed by atoms with Crippen molar-refractivity contribution in [1.82, 2.24) is 0 Å². The zero-order valence-electron chi connectivity index (χ0n) is 10.6. The molecule has 1 fully saturated rings. The Morgan fingerprint density at radius 2 is 1.75 bits per heavy atom. The average Bonchev–Trinajstić information content (AvgIpc) is 3.21. The summed E-state index contributed by atoms with van der Waals surface area (Å²) in [6.45, 7) is 1.45. The third-order valence-electron chi connectivity index (χ3n) is 2.44. The third kappa shape index (κ3) is 5.70. The van der Waals surface area contributed by atoms with Crippen molar-refractivity contribution in [1.29, 1.82) is 0 Å². The smallest absolute Gasteiger partial charge is 0.120 e. The van der Waals surface area contributed by atoms with E-state index in [1.165, 1.54) is 6.07 Å². The zero-order chi connectivity index (χ0) is 14.4. The van der Waals surface area contributed by atoms with Gasteiger partial charge in [-0.15, -0.1) is 0 Å². The van der Waals surface area contributed by atoms with Crippen LogP contribution in [0.3, 0.4) is 0 Å². The van der Waals surface area contributed by atoms with Gasteiger partial charge in [-0.05, 0) is 36.4 Å². The van der Waals surface area contributed by atoms with Crippen molar-refractivity contribution < 1.29 is 14.6 Å². The molecule has 106 valence electrons. The molecule has 0 saturated carbocycles. The lowest BCUT2D eigenvalue weighted by atomic mass is 10.3. The van der Waals surface area contributed by atoms with Crippen LogP contribution < -0.4 is 4.74 Å². The van der Waals surface area contributed by atoms with E-state index in [9.17, 15) is 0 Å². The summed E-state index contributed by atoms with van der Waals surface area (Å²) in [5.41, 5.74) is 0. The lowest BCUT2D eigenvalue weighted by Gasteiger charge is -2.03. The van der Waals surface area contributed by atoms with E-state index in [2.05, 4.69) is 0 Å². The van der Waals surface area contributed by atoms with Crippen molar-refractivity contribution >= 4 is 23.2 Å². The number of epoxide rings is 1. The summed E-state index contributed by atoms with van der Waals surface area (Å²) in [4.78, 5) is 0. The minimum atomic E-state index is 0.206. The Morgan fingerprint density at radius 1 is 1.10 bits per heavy atom. The average molecular weight is 313 g/mol. The summed E-state index contributed by atoms with van der Waals surface area (Å²) in [6, 6.07) is 13.8. The number of phenolic OH excluding ortho intramolecular Hbond substituents is 1. The van der Waals surface area contributed by atoms with Crippen molar-refractivity contribution in [3.05, 3.63) is 58.6 Å². The fourth-order valence-corrected chi connectivity index (χ4v) is 1.75. The van der Waals surface area contributed by atoms with Gasteiger partial charge in [0.05, 0.1) is 6.61 Å². The normalized spacial score (nSPS) is 16.0. The molecule has 0 aliphatic carbocycles. The number of hydrogen-bond donors (Lipinski definition) is 1. The Labute approximate surface area is 127 Å². The molecule has 1 heterocycles. The zero-order valence-corrected chi connectivity index (χ0v) is 12.1. The van der Waals surface area contributed by atoms with E-state index in [0.717, 1.165) is 12.4 Å². The maximum Gasteiger partial charge on any atom is 0.120 e. The van der Waals surface area contributed by atoms with Gasteiger partial charge in [-0.2, -0.15) is 0 Å². The van der Waals surface area contributed by atoms with Crippen LogP contribution in [0.4, 0.5) is 0 Å². The molecule has 1 aliphatic rings. The van der Waals surface area contributed by atoms with Gasteiger partial charge in [-0.1, -0.05) is 35.3 Å². The molecular weight excluding hydrogens is 299 g/mol. The molecule has 1 saturated heterocycles. The fraction of sp³-hybridized carbons (Fsp3) is 0.200. The maximum absolute atomic E-state index is 8.73. The number of rotatable bonds is 3. The lowest BCUT2D eigenvalue weighted by Crippen LogP contribution is -2.03. The van der Waals surface area contributed by atoms with Crippen LogP contribution in [0.1, 0.15) is 0 Å². The van der Waals surface area contributed by atoms with Crippen LogP contribution >= 0.6 is 23.2 Å². The summed E-state index contributed by atoms with van der Waals surface area (Å²) in [6.07, 6.45) is 0.295. The molecule has 1 aliphatic heterocycles. The first kappa shape index (κ1) is 15.0. The second-order valence-electron chi connectivity index (χ2n) is 4.20. The second-order valence-corrected chi connectivity index (χ2v) is 5.08. The molecule has 3 rings (SSSR count). The van der Waals surface area contributed by atoms with Crippen LogP contribution in [0.15, 0.2) is 48.5 Å². The quantitative estimate of drug-likeness (QED) is 0.865. The summed E-state index contributed by atoms with van der Waals surface area (Å²) < 4.78 is 10.4. The molecule has 0 unspecified atom stereocenters. The molecule has 1 N–H and O–H groups in total. The number of halogens is 2. The highest BCUT2D eigenvalue weighted by atomic mass is 35.5. The third-order valence-corrected chi connectivity index (χ3v) is 2.91. The molecule has 0 radical (unpaired) electrons. The van der Waals surface area contributed by atoms with E-state index in [1.807, 2.05) is 18.2 Å². The summed E-state index contributed by atoms with van der Waals surface area (Å²) in [7, 11) is 0. The summed E-state index contributed by atoms with van der Waals surface area (Å²) in [5.74, 6) is 1.01. The lowest BCUT2D eigenvalue weighted by molar-refractivity contribution is 0.263. The molecular formula is C15H14Cl2O3. The number of aromatic hydroxyl groups is 1. The van der Waals surface area contributed by atoms with Gasteiger partial charge in [0.2, 0.25) is 0 Å². The van der Waals surface area contributed by atoms with E-state index in [-0.39, 0.29) is 5.75 Å². The predicted octanol–water partition coefficient (Wildman–Crippen LogP) is 4.16. The molecule has 2 aromatic carbocycles. The van der Waals surface area contributed by atoms with Crippen molar-refractivity contribution in [2.24, 2.45) is 0 Å². The van der Waals surface area contributed by atoms with Crippen molar-refractivity contribution in [3.8, 4) is 11.5 Å². The van der Waals surface area contributed by atoms with Gasteiger partial charge in [0.25, 0.3) is 0 Å². The van der Waals surface area contributed by atoms with Crippen molar-refractivity contribution in [2.45, 2.75) is 6.10 Å². The molecule has 0 bridgehead atoms. The van der Waals surface area contributed by atoms with Gasteiger partial charge in [0, 0.05) is 10.0 Å². The molecule has 3 nitrogen and oxygen atoms in total. The van der Waals surface area contributed by atoms with Gasteiger partial charge in [-0.3, -0.25) is 0 Å². The minimum absolute atomic E-state index is 0.206. The van der Waals surface area contributed by atoms with Crippen LogP contribution in [0.2, 0.25) is 10.0 Å². The summed E-state index contributed by atoms with van der Waals surface area (Å²) >= 11 is 11.2. The molecule has 1 atom stereocenters. The van der Waals surface area contributed by atoms with E-state index in [4.69, 9.17) is 37.8 Å². The Bertz CT molecular complexity index is 539. The Balaban J connectivity index is 0.000000160. The van der Waals surface area contributed by atoms with Crippen molar-refractivity contribution in [3.63, 3.8) is 0 Å². The molecule has 0 spiro atoms. The van der Waals surface area contributed by atoms with Gasteiger partial charge in [0.1, 0.15) is 24.2 Å². The Hall–Kier alpha value is -1.42. The molecule has 2 aromatic rings. The Kier molecular flexibility index (Phi) is 5.53. The number of hydrogen-bond acceptors (Lipinski definition) is 3. The van der Waals surface area contributed by atoms with Gasteiger partial charge in [0.15, 0.2) is 0 Å². The predicted molar refractivity (Wildman–Crippen MR) is 79.8 cm³/mol. The van der Waals surface area contributed by atoms with Crippen LogP contribution in [0.25, 0.3) is 0 Å². The van der Waals surface area contributed by atoms with Crippen LogP contribution in [-0.2, 0) is 4.74 Å². The highest BCUT2D eigenvalue weighted by molar-refractivity contribution is 6.31. The maximum atomic E-state index is 8.73. The second kappa shape index (κ2) is 7.39.